The van der Waals surface area contributed by atoms with Crippen LogP contribution in [-0.2, 0) is 6.42 Å². The predicted octanol–water partition coefficient (Wildman–Crippen LogP) is 5.01. The van der Waals surface area contributed by atoms with Gasteiger partial charge in [0, 0.05) is 34.8 Å². The lowest BCUT2D eigenvalue weighted by atomic mass is 9.97. The van der Waals surface area contributed by atoms with Crippen molar-refractivity contribution in [2.75, 3.05) is 19.2 Å². The number of aromatic nitrogens is 1. The van der Waals surface area contributed by atoms with Gasteiger partial charge in [-0.05, 0) is 41.0 Å². The smallest absolute Gasteiger partial charge is 0.231 e. The Hall–Kier alpha value is -3.60. The molecular formula is C24H20N2O3. The van der Waals surface area contributed by atoms with E-state index in [0.717, 1.165) is 34.9 Å². The van der Waals surface area contributed by atoms with Crippen molar-refractivity contribution >= 4 is 16.6 Å². The van der Waals surface area contributed by atoms with Gasteiger partial charge in [-0.3, -0.25) is 0 Å². The minimum atomic E-state index is -0.00933. The maximum Gasteiger partial charge on any atom is 0.231 e. The summed E-state index contributed by atoms with van der Waals surface area (Å²) >= 11 is 0. The van der Waals surface area contributed by atoms with Crippen molar-refractivity contribution in [3.63, 3.8) is 0 Å². The zero-order chi connectivity index (χ0) is 19.4. The minimum absolute atomic E-state index is 0.00933. The first kappa shape index (κ1) is 16.4. The first-order valence-electron chi connectivity index (χ1n) is 9.72. The van der Waals surface area contributed by atoms with Gasteiger partial charge >= 0.3 is 0 Å². The largest absolute Gasteiger partial charge is 0.497 e. The molecule has 1 atom stereocenters. The first-order valence-corrected chi connectivity index (χ1v) is 9.72. The number of nitrogens with one attached hydrogen (secondary N) is 2. The molecule has 29 heavy (non-hydrogen) atoms. The molecule has 2 aliphatic heterocycles. The molecule has 3 heterocycles. The van der Waals surface area contributed by atoms with Crippen molar-refractivity contribution in [1.82, 2.24) is 4.98 Å². The van der Waals surface area contributed by atoms with E-state index < -0.39 is 0 Å². The van der Waals surface area contributed by atoms with Crippen LogP contribution < -0.4 is 19.5 Å². The number of ether oxygens (including phenoxy) is 3. The van der Waals surface area contributed by atoms with Crippen LogP contribution in [-0.4, -0.2) is 18.9 Å². The van der Waals surface area contributed by atoms with E-state index in [2.05, 4.69) is 58.8 Å². The summed E-state index contributed by atoms with van der Waals surface area (Å²) in [4.78, 5) is 3.67. The average molecular weight is 384 g/mol. The Kier molecular flexibility index (Phi) is 3.50. The SMILES string of the molecule is COc1ccc(C2Nc3cc4c(cc3Cc3c2[nH]c2ccccc32)OCO4)cc1. The maximum absolute atomic E-state index is 5.63. The van der Waals surface area contributed by atoms with Crippen LogP contribution in [0.5, 0.6) is 17.2 Å². The molecule has 1 aromatic heterocycles. The van der Waals surface area contributed by atoms with Crippen molar-refractivity contribution in [1.29, 1.82) is 0 Å². The second kappa shape index (κ2) is 6.21. The summed E-state index contributed by atoms with van der Waals surface area (Å²) in [6.07, 6.45) is 0.824. The molecule has 0 aliphatic carbocycles. The van der Waals surface area contributed by atoms with Crippen LogP contribution in [0.15, 0.2) is 60.7 Å². The summed E-state index contributed by atoms with van der Waals surface area (Å²) in [5.41, 5.74) is 7.10. The van der Waals surface area contributed by atoms with Crippen molar-refractivity contribution in [2.24, 2.45) is 0 Å². The fraction of sp³-hybridized carbons (Fsp3) is 0.167. The van der Waals surface area contributed by atoms with Gasteiger partial charge in [0.25, 0.3) is 0 Å². The molecule has 2 N–H and O–H groups in total. The Morgan fingerprint density at radius 1 is 0.966 bits per heavy atom. The molecule has 0 radical (unpaired) electrons. The Morgan fingerprint density at radius 2 is 1.76 bits per heavy atom. The van der Waals surface area contributed by atoms with E-state index in [-0.39, 0.29) is 12.8 Å². The van der Waals surface area contributed by atoms with E-state index >= 15 is 0 Å². The van der Waals surface area contributed by atoms with Crippen LogP contribution in [0.3, 0.4) is 0 Å². The fourth-order valence-electron chi connectivity index (χ4n) is 4.39. The molecule has 0 saturated heterocycles. The molecule has 0 spiro atoms. The van der Waals surface area contributed by atoms with Crippen LogP contribution in [0.25, 0.3) is 10.9 Å². The highest BCUT2D eigenvalue weighted by molar-refractivity contribution is 5.86. The lowest BCUT2D eigenvalue weighted by Gasteiger charge is -2.20. The number of methoxy groups -OCH3 is 1. The number of hydrogen-bond acceptors (Lipinski definition) is 4. The second-order valence-corrected chi connectivity index (χ2v) is 7.45. The lowest BCUT2D eigenvalue weighted by Crippen LogP contribution is -2.13. The van der Waals surface area contributed by atoms with Crippen LogP contribution in [0.1, 0.15) is 28.4 Å². The first-order chi connectivity index (χ1) is 14.3. The highest BCUT2D eigenvalue weighted by Gasteiger charge is 2.28. The summed E-state index contributed by atoms with van der Waals surface area (Å²) in [6.45, 7) is 0.276. The number of fused-ring (bicyclic) bond motifs is 5. The molecule has 5 nitrogen and oxygen atoms in total. The second-order valence-electron chi connectivity index (χ2n) is 7.45. The van der Waals surface area contributed by atoms with Crippen LogP contribution >= 0.6 is 0 Å². The van der Waals surface area contributed by atoms with Gasteiger partial charge in [-0.25, -0.2) is 0 Å². The Balaban J connectivity index is 1.56. The van der Waals surface area contributed by atoms with Gasteiger partial charge in [-0.1, -0.05) is 30.3 Å². The van der Waals surface area contributed by atoms with Gasteiger partial charge < -0.3 is 24.5 Å². The highest BCUT2D eigenvalue weighted by atomic mass is 16.7. The van der Waals surface area contributed by atoms with Gasteiger partial charge in [0.05, 0.1) is 13.2 Å². The van der Waals surface area contributed by atoms with Gasteiger partial charge in [-0.2, -0.15) is 0 Å². The number of anilines is 1. The number of para-hydroxylation sites is 1. The van der Waals surface area contributed by atoms with E-state index in [9.17, 15) is 0 Å². The van der Waals surface area contributed by atoms with E-state index in [1.54, 1.807) is 7.11 Å². The molecule has 0 bridgehead atoms. The normalized spacial score (nSPS) is 16.7. The molecule has 0 amide bonds. The summed E-state index contributed by atoms with van der Waals surface area (Å²) < 4.78 is 16.6. The Labute approximate surface area is 168 Å². The molecule has 4 aromatic rings. The number of H-pyrrole nitrogens is 1. The predicted molar refractivity (Wildman–Crippen MR) is 112 cm³/mol. The minimum Gasteiger partial charge on any atom is -0.497 e. The Bertz CT molecular complexity index is 1230. The molecule has 144 valence electrons. The average Bonchev–Trinajstić information content (AvgIpc) is 3.32. The molecule has 2 aliphatic rings. The third-order valence-electron chi connectivity index (χ3n) is 5.85. The van der Waals surface area contributed by atoms with Crippen molar-refractivity contribution in [3.8, 4) is 17.2 Å². The highest BCUT2D eigenvalue weighted by Crippen LogP contribution is 2.44. The molecule has 5 heteroatoms. The number of benzene rings is 3. The monoisotopic (exact) mass is 384 g/mol. The topological polar surface area (TPSA) is 55.5 Å². The van der Waals surface area contributed by atoms with Gasteiger partial charge in [0.1, 0.15) is 5.75 Å². The van der Waals surface area contributed by atoms with E-state index in [1.165, 1.54) is 27.8 Å². The molecule has 3 aromatic carbocycles. The number of aromatic amines is 1. The van der Waals surface area contributed by atoms with Crippen LogP contribution in [0.2, 0.25) is 0 Å². The molecule has 6 rings (SSSR count). The van der Waals surface area contributed by atoms with E-state index in [4.69, 9.17) is 14.2 Å². The summed E-state index contributed by atoms with van der Waals surface area (Å²) in [5.74, 6) is 2.46. The van der Waals surface area contributed by atoms with Crippen LogP contribution in [0.4, 0.5) is 5.69 Å². The van der Waals surface area contributed by atoms with Crippen molar-refractivity contribution in [3.05, 3.63) is 83.0 Å². The van der Waals surface area contributed by atoms with Gasteiger partial charge in [0.2, 0.25) is 6.79 Å². The van der Waals surface area contributed by atoms with E-state index in [0.29, 0.717) is 0 Å². The number of rotatable bonds is 2. The van der Waals surface area contributed by atoms with Gasteiger partial charge in [0.15, 0.2) is 11.5 Å². The zero-order valence-corrected chi connectivity index (χ0v) is 16.0. The third-order valence-corrected chi connectivity index (χ3v) is 5.85. The molecule has 0 saturated carbocycles. The third kappa shape index (κ3) is 2.54. The standard InChI is InChI=1S/C24H20N2O3/c1-27-16-8-6-14(7-9-16)23-24-18(17-4-2-3-5-19(17)25-24)10-15-11-21-22(29-13-28-21)12-20(15)26-23/h2-9,11-12,23,25-26H,10,13H2,1H3. The zero-order valence-electron chi connectivity index (χ0n) is 16.0. The summed E-state index contributed by atoms with van der Waals surface area (Å²) in [5, 5.41) is 5.01. The molecule has 0 fully saturated rings. The lowest BCUT2D eigenvalue weighted by molar-refractivity contribution is 0.174. The maximum atomic E-state index is 5.63. The Morgan fingerprint density at radius 3 is 2.59 bits per heavy atom. The van der Waals surface area contributed by atoms with Crippen molar-refractivity contribution < 1.29 is 14.2 Å². The summed E-state index contributed by atoms with van der Waals surface area (Å²) in [7, 11) is 1.69. The number of hydrogen-bond donors (Lipinski definition) is 2. The van der Waals surface area contributed by atoms with E-state index in [1.807, 2.05) is 12.1 Å². The summed E-state index contributed by atoms with van der Waals surface area (Å²) in [6, 6.07) is 20.9. The quantitative estimate of drug-likeness (QED) is 0.510. The van der Waals surface area contributed by atoms with Crippen LogP contribution in [0, 0.1) is 0 Å². The molecule has 1 unspecified atom stereocenters. The van der Waals surface area contributed by atoms with Crippen molar-refractivity contribution in [2.45, 2.75) is 12.5 Å². The van der Waals surface area contributed by atoms with Gasteiger partial charge in [-0.15, -0.1) is 0 Å². The molecular weight excluding hydrogens is 364 g/mol. The fourth-order valence-corrected chi connectivity index (χ4v) is 4.39.